The third-order valence-electron chi connectivity index (χ3n) is 10.7. The van der Waals surface area contributed by atoms with Gasteiger partial charge in [0.25, 0.3) is 0 Å². The molecule has 0 aliphatic rings. The number of rotatable bonds is 5. The molecule has 11 rings (SSSR count). The molecule has 0 aliphatic heterocycles. The minimum Gasteiger partial charge on any atom is -0.455 e. The first-order valence-electron chi connectivity index (χ1n) is 18.5. The van der Waals surface area contributed by atoms with Gasteiger partial charge < -0.3 is 4.42 Å². The van der Waals surface area contributed by atoms with E-state index < -0.39 is 0 Å². The van der Waals surface area contributed by atoms with Gasteiger partial charge >= 0.3 is 0 Å². The van der Waals surface area contributed by atoms with Crippen LogP contribution in [0.2, 0.25) is 0 Å². The molecule has 55 heavy (non-hydrogen) atoms. The Labute approximate surface area is 317 Å². The summed E-state index contributed by atoms with van der Waals surface area (Å²) in [5, 5.41) is 8.99. The molecule has 0 saturated heterocycles. The second-order valence-corrected chi connectivity index (χ2v) is 13.9. The lowest BCUT2D eigenvalue weighted by Gasteiger charge is -2.17. The Bertz CT molecular complexity index is 3280. The Hall–Kier alpha value is -7.43. The van der Waals surface area contributed by atoms with Gasteiger partial charge in [-0.25, -0.2) is 15.0 Å². The van der Waals surface area contributed by atoms with Crippen molar-refractivity contribution in [3.05, 3.63) is 188 Å². The van der Waals surface area contributed by atoms with Crippen LogP contribution >= 0.6 is 0 Å². The van der Waals surface area contributed by atoms with Gasteiger partial charge in [0.1, 0.15) is 11.2 Å². The fourth-order valence-corrected chi connectivity index (χ4v) is 8.14. The molecule has 4 heteroatoms. The van der Waals surface area contributed by atoms with Crippen LogP contribution in [0, 0.1) is 0 Å². The van der Waals surface area contributed by atoms with Gasteiger partial charge in [-0.2, -0.15) is 0 Å². The zero-order valence-corrected chi connectivity index (χ0v) is 29.6. The van der Waals surface area contributed by atoms with E-state index in [2.05, 4.69) is 170 Å². The summed E-state index contributed by atoms with van der Waals surface area (Å²) < 4.78 is 6.57. The van der Waals surface area contributed by atoms with E-state index in [-0.39, 0.29) is 0 Å². The summed E-state index contributed by atoms with van der Waals surface area (Å²) in [6.07, 6.45) is 0. The van der Waals surface area contributed by atoms with Crippen LogP contribution in [0.1, 0.15) is 0 Å². The zero-order chi connectivity index (χ0) is 36.3. The molecule has 2 heterocycles. The molecule has 0 radical (unpaired) electrons. The fraction of sp³-hybridized carbons (Fsp3) is 0. The molecule has 0 bridgehead atoms. The molecule has 0 N–H and O–H groups in total. The molecule has 0 saturated carbocycles. The molecular weight excluding hydrogens is 671 g/mol. The molecule has 256 valence electrons. The molecule has 0 fully saturated rings. The average molecular weight is 702 g/mol. The van der Waals surface area contributed by atoms with E-state index in [0.29, 0.717) is 17.5 Å². The number of benzene rings is 9. The quantitative estimate of drug-likeness (QED) is 0.179. The first-order valence-corrected chi connectivity index (χ1v) is 18.5. The summed E-state index contributed by atoms with van der Waals surface area (Å²) in [4.78, 5) is 16.1. The van der Waals surface area contributed by atoms with E-state index in [9.17, 15) is 0 Å². The van der Waals surface area contributed by atoms with Crippen LogP contribution in [0.3, 0.4) is 0 Å². The van der Waals surface area contributed by atoms with Crippen molar-refractivity contribution in [3.8, 4) is 56.4 Å². The Morgan fingerprint density at radius 2 is 0.855 bits per heavy atom. The van der Waals surface area contributed by atoms with E-state index >= 15 is 0 Å². The minimum absolute atomic E-state index is 0.551. The molecule has 0 atom stereocenters. The van der Waals surface area contributed by atoms with Gasteiger partial charge in [-0.3, -0.25) is 0 Å². The number of nitrogens with zero attached hydrogens (tertiary/aromatic N) is 3. The van der Waals surface area contributed by atoms with Crippen molar-refractivity contribution in [2.75, 3.05) is 0 Å². The Balaban J connectivity index is 1.23. The van der Waals surface area contributed by atoms with Crippen molar-refractivity contribution < 1.29 is 4.42 Å². The highest BCUT2D eigenvalue weighted by molar-refractivity contribution is 6.10. The highest BCUT2D eigenvalue weighted by Gasteiger charge is 2.22. The van der Waals surface area contributed by atoms with Crippen molar-refractivity contribution in [2.24, 2.45) is 0 Å². The number of para-hydroxylation sites is 2. The first kappa shape index (κ1) is 31.1. The van der Waals surface area contributed by atoms with Crippen molar-refractivity contribution in [1.82, 2.24) is 15.0 Å². The second kappa shape index (κ2) is 12.6. The molecule has 4 nitrogen and oxygen atoms in total. The summed E-state index contributed by atoms with van der Waals surface area (Å²) in [6.45, 7) is 0. The van der Waals surface area contributed by atoms with Crippen molar-refractivity contribution in [1.29, 1.82) is 0 Å². The Kier molecular flexibility index (Phi) is 7.14. The predicted octanol–water partition coefficient (Wildman–Crippen LogP) is 13.6. The molecule has 0 unspecified atom stereocenters. The fourth-order valence-electron chi connectivity index (χ4n) is 8.14. The third kappa shape index (κ3) is 5.19. The van der Waals surface area contributed by atoms with Crippen molar-refractivity contribution in [3.63, 3.8) is 0 Å². The normalized spacial score (nSPS) is 11.6. The van der Waals surface area contributed by atoms with Crippen LogP contribution < -0.4 is 0 Å². The molecule has 0 spiro atoms. The summed E-state index contributed by atoms with van der Waals surface area (Å²) in [5.74, 6) is 1.74. The van der Waals surface area contributed by atoms with Gasteiger partial charge in [0.2, 0.25) is 0 Å². The summed E-state index contributed by atoms with van der Waals surface area (Å²) in [6, 6.07) is 65.8. The number of hydrogen-bond donors (Lipinski definition) is 0. The highest BCUT2D eigenvalue weighted by Crippen LogP contribution is 2.42. The van der Waals surface area contributed by atoms with Gasteiger partial charge in [0.15, 0.2) is 17.5 Å². The Morgan fingerprint density at radius 1 is 0.309 bits per heavy atom. The lowest BCUT2D eigenvalue weighted by Crippen LogP contribution is -2.03. The van der Waals surface area contributed by atoms with Crippen molar-refractivity contribution in [2.45, 2.75) is 0 Å². The second-order valence-electron chi connectivity index (χ2n) is 13.9. The first-order chi connectivity index (χ1) is 27.3. The van der Waals surface area contributed by atoms with Crippen LogP contribution in [-0.4, -0.2) is 15.0 Å². The predicted molar refractivity (Wildman–Crippen MR) is 227 cm³/mol. The maximum atomic E-state index is 6.57. The van der Waals surface area contributed by atoms with Gasteiger partial charge in [-0.05, 0) is 72.8 Å². The molecule has 0 aliphatic carbocycles. The number of fused-ring (bicyclic) bond motifs is 6. The standard InChI is InChI=1S/C51H31N3O/c1-2-16-35-31-36(28-27-32(35)13-1)38-19-7-8-22-44(38)49-52-50(45-25-12-24-43-41-21-9-10-26-46(41)55-48(43)45)54-51(53-49)47-39-20-6-4-15-34(39)29-30-42(47)40-23-11-17-33-14-3-5-18-37(33)40/h1-31H. The van der Waals surface area contributed by atoms with Gasteiger partial charge in [0, 0.05) is 21.9 Å². The molecule has 2 aromatic heterocycles. The molecule has 9 aromatic carbocycles. The monoisotopic (exact) mass is 701 g/mol. The third-order valence-corrected chi connectivity index (χ3v) is 10.7. The topological polar surface area (TPSA) is 51.8 Å². The number of furan rings is 1. The zero-order valence-electron chi connectivity index (χ0n) is 29.6. The summed E-state index contributed by atoms with van der Waals surface area (Å²) in [5.41, 5.74) is 8.60. The van der Waals surface area contributed by atoms with Crippen LogP contribution in [0.5, 0.6) is 0 Å². The van der Waals surface area contributed by atoms with E-state index in [1.807, 2.05) is 18.2 Å². The van der Waals surface area contributed by atoms with Crippen molar-refractivity contribution >= 4 is 54.3 Å². The van der Waals surface area contributed by atoms with Gasteiger partial charge in [-0.15, -0.1) is 0 Å². The smallest absolute Gasteiger partial charge is 0.167 e. The maximum Gasteiger partial charge on any atom is 0.167 e. The van der Waals surface area contributed by atoms with Crippen LogP contribution in [0.25, 0.3) is 111 Å². The lowest BCUT2D eigenvalue weighted by atomic mass is 9.90. The van der Waals surface area contributed by atoms with E-state index in [1.165, 1.54) is 21.5 Å². The SMILES string of the molecule is c1ccc(-c2nc(-c3c(-c4cccc5ccccc45)ccc4ccccc34)nc(-c3cccc4c3oc3ccccc34)n2)c(-c2ccc3ccccc3c2)c1. The highest BCUT2D eigenvalue weighted by atomic mass is 16.3. The molecule has 0 amide bonds. The minimum atomic E-state index is 0.551. The number of hydrogen-bond acceptors (Lipinski definition) is 4. The Morgan fingerprint density at radius 3 is 1.71 bits per heavy atom. The van der Waals surface area contributed by atoms with Gasteiger partial charge in [-0.1, -0.05) is 170 Å². The van der Waals surface area contributed by atoms with E-state index in [4.69, 9.17) is 19.4 Å². The lowest BCUT2D eigenvalue weighted by molar-refractivity contribution is 0.669. The van der Waals surface area contributed by atoms with Crippen LogP contribution in [0.4, 0.5) is 0 Å². The average Bonchev–Trinajstić information content (AvgIpc) is 3.64. The molecule has 11 aromatic rings. The largest absolute Gasteiger partial charge is 0.455 e. The number of aromatic nitrogens is 3. The maximum absolute atomic E-state index is 6.57. The summed E-state index contributed by atoms with van der Waals surface area (Å²) in [7, 11) is 0. The van der Waals surface area contributed by atoms with Crippen LogP contribution in [-0.2, 0) is 0 Å². The summed E-state index contributed by atoms with van der Waals surface area (Å²) >= 11 is 0. The van der Waals surface area contributed by atoms with Crippen LogP contribution in [0.15, 0.2) is 192 Å². The van der Waals surface area contributed by atoms with Gasteiger partial charge in [0.05, 0.1) is 5.56 Å². The molecular formula is C51H31N3O. The van der Waals surface area contributed by atoms with E-state index in [1.54, 1.807) is 0 Å². The van der Waals surface area contributed by atoms with E-state index in [0.717, 1.165) is 71.7 Å².